The molecule has 0 aliphatic carbocycles. The molecule has 2 atom stereocenters. The highest BCUT2D eigenvalue weighted by Gasteiger charge is 2.52. The van der Waals surface area contributed by atoms with Crippen molar-refractivity contribution in [2.45, 2.75) is 18.0 Å². The second-order valence-electron chi connectivity index (χ2n) is 5.04. The Morgan fingerprint density at radius 2 is 2.21 bits per heavy atom. The number of fused-ring (bicyclic) bond motifs is 1. The van der Waals surface area contributed by atoms with E-state index in [9.17, 15) is 9.59 Å². The molecule has 2 unspecified atom stereocenters. The Balaban J connectivity index is 2.00. The predicted octanol–water partition coefficient (Wildman–Crippen LogP) is 0.260. The molecule has 6 nitrogen and oxygen atoms in total. The van der Waals surface area contributed by atoms with Crippen molar-refractivity contribution in [2.75, 3.05) is 23.8 Å². The van der Waals surface area contributed by atoms with Crippen molar-refractivity contribution >= 4 is 23.3 Å². The number of hydrogen-bond donors (Lipinski definition) is 3. The first-order valence-electron chi connectivity index (χ1n) is 6.15. The van der Waals surface area contributed by atoms with Crippen molar-refractivity contribution in [1.82, 2.24) is 5.32 Å². The summed E-state index contributed by atoms with van der Waals surface area (Å²) >= 11 is 0. The maximum atomic E-state index is 12.4. The van der Waals surface area contributed by atoms with E-state index >= 15 is 0 Å². The maximum Gasteiger partial charge on any atom is 0.320 e. The molecule has 1 spiro atoms. The van der Waals surface area contributed by atoms with Crippen molar-refractivity contribution in [3.63, 3.8) is 0 Å². The minimum absolute atomic E-state index is 0.148. The minimum Gasteiger partial charge on any atom is -0.480 e. The second-order valence-corrected chi connectivity index (χ2v) is 5.04. The number of amides is 1. The van der Waals surface area contributed by atoms with Crippen LogP contribution in [0.5, 0.6) is 0 Å². The van der Waals surface area contributed by atoms with E-state index in [-0.39, 0.29) is 12.3 Å². The van der Waals surface area contributed by atoms with Crippen LogP contribution in [0.25, 0.3) is 0 Å². The Hall–Kier alpha value is -2.08. The van der Waals surface area contributed by atoms with Gasteiger partial charge in [0.2, 0.25) is 0 Å². The predicted molar refractivity (Wildman–Crippen MR) is 70.2 cm³/mol. The number of carbonyl (C=O) groups is 2. The van der Waals surface area contributed by atoms with Crippen molar-refractivity contribution < 1.29 is 14.7 Å². The summed E-state index contributed by atoms with van der Waals surface area (Å²) in [7, 11) is 1.84. The van der Waals surface area contributed by atoms with Crippen LogP contribution in [0.15, 0.2) is 24.3 Å². The lowest BCUT2D eigenvalue weighted by Gasteiger charge is -2.43. The fourth-order valence-corrected chi connectivity index (χ4v) is 2.87. The van der Waals surface area contributed by atoms with Gasteiger partial charge in [-0.15, -0.1) is 0 Å². The summed E-state index contributed by atoms with van der Waals surface area (Å²) < 4.78 is 0. The Kier molecular flexibility index (Phi) is 2.50. The molecule has 2 aliphatic heterocycles. The monoisotopic (exact) mass is 261 g/mol. The molecule has 6 heteroatoms. The molecule has 19 heavy (non-hydrogen) atoms. The molecule has 2 aliphatic rings. The molecule has 0 radical (unpaired) electrons. The number of nitrogens with one attached hydrogen (secondary N) is 2. The Morgan fingerprint density at radius 1 is 1.47 bits per heavy atom. The lowest BCUT2D eigenvalue weighted by atomic mass is 9.89. The molecule has 1 fully saturated rings. The van der Waals surface area contributed by atoms with E-state index in [0.717, 1.165) is 11.4 Å². The van der Waals surface area contributed by atoms with Gasteiger partial charge in [-0.25, -0.2) is 0 Å². The van der Waals surface area contributed by atoms with Crippen LogP contribution in [-0.2, 0) is 9.59 Å². The Morgan fingerprint density at radius 3 is 2.89 bits per heavy atom. The lowest BCUT2D eigenvalue weighted by molar-refractivity contribution is -0.139. The number of carboxylic acids is 1. The highest BCUT2D eigenvalue weighted by molar-refractivity contribution is 6.07. The first kappa shape index (κ1) is 12.0. The van der Waals surface area contributed by atoms with Crippen molar-refractivity contribution in [3.8, 4) is 0 Å². The highest BCUT2D eigenvalue weighted by atomic mass is 16.4. The molecule has 3 rings (SSSR count). The summed E-state index contributed by atoms with van der Waals surface area (Å²) in [6, 6.07) is 6.84. The number of aliphatic carboxylic acids is 1. The quantitative estimate of drug-likeness (QED) is 0.675. The molecule has 0 aromatic heterocycles. The van der Waals surface area contributed by atoms with Crippen LogP contribution >= 0.6 is 0 Å². The molecule has 1 aromatic rings. The Bertz CT molecular complexity index is 560. The number of hydrogen-bond acceptors (Lipinski definition) is 4. The molecule has 2 heterocycles. The molecular weight excluding hydrogens is 246 g/mol. The first-order chi connectivity index (χ1) is 9.04. The van der Waals surface area contributed by atoms with Crippen molar-refractivity contribution in [2.24, 2.45) is 0 Å². The van der Waals surface area contributed by atoms with Gasteiger partial charge in [0.15, 0.2) is 0 Å². The molecule has 1 amide bonds. The summed E-state index contributed by atoms with van der Waals surface area (Å²) in [5.41, 5.74) is 0.853. The number of carbonyl (C=O) groups excluding carboxylic acids is 1. The molecule has 3 N–H and O–H groups in total. The minimum atomic E-state index is -0.920. The third kappa shape index (κ3) is 1.60. The summed E-state index contributed by atoms with van der Waals surface area (Å²) in [4.78, 5) is 25.3. The van der Waals surface area contributed by atoms with Gasteiger partial charge in [0.1, 0.15) is 11.6 Å². The number of nitrogens with zero attached hydrogens (tertiary/aromatic N) is 1. The first-order valence-corrected chi connectivity index (χ1v) is 6.15. The van der Waals surface area contributed by atoms with Gasteiger partial charge in [0.05, 0.1) is 11.4 Å². The van der Waals surface area contributed by atoms with Crippen LogP contribution in [0.1, 0.15) is 6.42 Å². The van der Waals surface area contributed by atoms with Gasteiger partial charge in [-0.3, -0.25) is 9.59 Å². The fourth-order valence-electron chi connectivity index (χ4n) is 2.87. The number of anilines is 2. The van der Waals surface area contributed by atoms with Gasteiger partial charge in [-0.05, 0) is 12.1 Å². The number of carboxylic acid groups (broad SMARTS) is 1. The second kappa shape index (κ2) is 3.96. The van der Waals surface area contributed by atoms with Crippen LogP contribution in [0.4, 0.5) is 11.4 Å². The van der Waals surface area contributed by atoms with Gasteiger partial charge in [0, 0.05) is 20.0 Å². The van der Waals surface area contributed by atoms with Crippen molar-refractivity contribution in [1.29, 1.82) is 0 Å². The SMILES string of the molecule is CN1c2ccccc2NC(=O)C12CNC(C(=O)O)C2. The van der Waals surface area contributed by atoms with Gasteiger partial charge < -0.3 is 20.6 Å². The van der Waals surface area contributed by atoms with E-state index in [1.165, 1.54) is 0 Å². The highest BCUT2D eigenvalue weighted by Crippen LogP contribution is 2.39. The summed E-state index contributed by atoms with van der Waals surface area (Å²) in [5.74, 6) is -1.07. The normalized spacial score (nSPS) is 29.2. The van der Waals surface area contributed by atoms with E-state index in [4.69, 9.17) is 5.11 Å². The van der Waals surface area contributed by atoms with Gasteiger partial charge in [-0.2, -0.15) is 0 Å². The summed E-state index contributed by atoms with van der Waals surface area (Å²) in [6.45, 7) is 0.334. The number of likely N-dealkylation sites (N-methyl/N-ethyl adjacent to an activating group) is 1. The summed E-state index contributed by atoms with van der Waals surface area (Å²) in [5, 5.41) is 14.9. The van der Waals surface area contributed by atoms with Crippen LogP contribution in [-0.4, -0.2) is 42.2 Å². The average molecular weight is 261 g/mol. The topological polar surface area (TPSA) is 81.7 Å². The van der Waals surface area contributed by atoms with Gasteiger partial charge in [0.25, 0.3) is 5.91 Å². The van der Waals surface area contributed by atoms with Gasteiger partial charge >= 0.3 is 5.97 Å². The van der Waals surface area contributed by atoms with Crippen LogP contribution in [0.3, 0.4) is 0 Å². The molecule has 1 aromatic carbocycles. The van der Waals surface area contributed by atoms with Gasteiger partial charge in [-0.1, -0.05) is 12.1 Å². The number of benzene rings is 1. The van der Waals surface area contributed by atoms with Crippen LogP contribution < -0.4 is 15.5 Å². The van der Waals surface area contributed by atoms with Crippen LogP contribution in [0, 0.1) is 0 Å². The maximum absolute atomic E-state index is 12.4. The molecule has 100 valence electrons. The van der Waals surface area contributed by atoms with Crippen molar-refractivity contribution in [3.05, 3.63) is 24.3 Å². The fraction of sp³-hybridized carbons (Fsp3) is 0.385. The van der Waals surface area contributed by atoms with E-state index in [0.29, 0.717) is 6.54 Å². The largest absolute Gasteiger partial charge is 0.480 e. The van der Waals surface area contributed by atoms with E-state index in [1.54, 1.807) is 0 Å². The van der Waals surface area contributed by atoms with Crippen LogP contribution in [0.2, 0.25) is 0 Å². The number of para-hydroxylation sites is 2. The Labute approximate surface area is 110 Å². The zero-order chi connectivity index (χ0) is 13.6. The standard InChI is InChI=1S/C13H15N3O3/c1-16-10-5-3-2-4-8(10)15-12(19)13(16)6-9(11(17)18)14-7-13/h2-5,9,14H,6-7H2,1H3,(H,15,19)(H,17,18). The zero-order valence-corrected chi connectivity index (χ0v) is 10.5. The van der Waals surface area contributed by atoms with E-state index < -0.39 is 17.6 Å². The molecule has 0 saturated carbocycles. The third-order valence-corrected chi connectivity index (χ3v) is 4.06. The average Bonchev–Trinajstić information content (AvgIpc) is 2.83. The summed E-state index contributed by atoms with van der Waals surface area (Å²) in [6.07, 6.45) is 0.263. The van der Waals surface area contributed by atoms with E-state index in [2.05, 4.69) is 10.6 Å². The molecular formula is C13H15N3O3. The lowest BCUT2D eigenvalue weighted by Crippen LogP contribution is -2.59. The smallest absolute Gasteiger partial charge is 0.320 e. The number of rotatable bonds is 1. The van der Waals surface area contributed by atoms with E-state index in [1.807, 2.05) is 36.2 Å². The zero-order valence-electron chi connectivity index (χ0n) is 10.5. The molecule has 0 bridgehead atoms. The molecule has 1 saturated heterocycles. The third-order valence-electron chi connectivity index (χ3n) is 4.06.